The molecule has 0 N–H and O–H groups in total. The Kier molecular flexibility index (Phi) is 6.84. The lowest BCUT2D eigenvalue weighted by Gasteiger charge is -2.32. The van der Waals surface area contributed by atoms with Crippen LogP contribution in [-0.2, 0) is 26.2 Å². The molecule has 1 aromatic heterocycles. The topological polar surface area (TPSA) is 19.4 Å². The van der Waals surface area contributed by atoms with Gasteiger partial charge in [-0.3, -0.25) is 14.8 Å². The van der Waals surface area contributed by atoms with Crippen molar-refractivity contribution >= 4 is 0 Å². The second-order valence-electron chi connectivity index (χ2n) is 9.42. The van der Waals surface area contributed by atoms with Crippen LogP contribution in [0.4, 0.5) is 0 Å². The zero-order chi connectivity index (χ0) is 23.3. The van der Waals surface area contributed by atoms with E-state index < -0.39 is 0 Å². The fourth-order valence-corrected chi connectivity index (χ4v) is 4.96. The van der Waals surface area contributed by atoms with Crippen LogP contribution in [0.25, 0.3) is 0 Å². The molecule has 3 nitrogen and oxygen atoms in total. The van der Waals surface area contributed by atoms with Crippen molar-refractivity contribution in [3.05, 3.63) is 137 Å². The molecule has 5 rings (SSSR count). The highest BCUT2D eigenvalue weighted by molar-refractivity contribution is 5.26. The highest BCUT2D eigenvalue weighted by atomic mass is 15.2. The summed E-state index contributed by atoms with van der Waals surface area (Å²) in [5.41, 5.74) is 7.64. The largest absolute Gasteiger partial charge is 0.287 e. The number of benzene rings is 3. The number of hydrogen-bond donors (Lipinski definition) is 0. The van der Waals surface area contributed by atoms with E-state index in [-0.39, 0.29) is 0 Å². The molecular weight excluding hydrogens is 414 g/mol. The first-order valence-electron chi connectivity index (χ1n) is 12.3. The Morgan fingerprint density at radius 2 is 0.971 bits per heavy atom. The van der Waals surface area contributed by atoms with Crippen molar-refractivity contribution in [2.45, 2.75) is 52.1 Å². The summed E-state index contributed by atoms with van der Waals surface area (Å²) in [6.45, 7) is 8.04. The van der Waals surface area contributed by atoms with Crippen molar-refractivity contribution in [1.82, 2.24) is 14.8 Å². The van der Waals surface area contributed by atoms with Crippen molar-refractivity contribution in [3.8, 4) is 0 Å². The summed E-state index contributed by atoms with van der Waals surface area (Å²) in [5.74, 6) is 0. The van der Waals surface area contributed by atoms with Gasteiger partial charge in [-0.2, -0.15) is 0 Å². The minimum Gasteiger partial charge on any atom is -0.287 e. The van der Waals surface area contributed by atoms with Gasteiger partial charge >= 0.3 is 0 Å². The van der Waals surface area contributed by atoms with Crippen LogP contribution >= 0.6 is 0 Å². The predicted octanol–water partition coefficient (Wildman–Crippen LogP) is 6.92. The van der Waals surface area contributed by atoms with Crippen LogP contribution < -0.4 is 0 Å². The normalized spacial score (nSPS) is 16.8. The summed E-state index contributed by atoms with van der Waals surface area (Å²) >= 11 is 0. The Morgan fingerprint density at radius 3 is 1.44 bits per heavy atom. The van der Waals surface area contributed by atoms with Crippen LogP contribution in [0.5, 0.6) is 0 Å². The van der Waals surface area contributed by atoms with Gasteiger partial charge in [-0.25, -0.2) is 0 Å². The van der Waals surface area contributed by atoms with E-state index in [2.05, 4.69) is 127 Å². The summed E-state index contributed by atoms with van der Waals surface area (Å²) < 4.78 is 0. The van der Waals surface area contributed by atoms with Gasteiger partial charge in [0.1, 0.15) is 0 Å². The Labute approximate surface area is 203 Å². The molecule has 3 aromatic carbocycles. The Balaban J connectivity index is 1.50. The van der Waals surface area contributed by atoms with Gasteiger partial charge in [0, 0.05) is 38.3 Å². The molecule has 1 aliphatic rings. The zero-order valence-corrected chi connectivity index (χ0v) is 20.1. The van der Waals surface area contributed by atoms with Gasteiger partial charge in [0.2, 0.25) is 0 Å². The van der Waals surface area contributed by atoms with Crippen molar-refractivity contribution < 1.29 is 0 Å². The van der Waals surface area contributed by atoms with E-state index in [1.54, 1.807) is 0 Å². The van der Waals surface area contributed by atoms with Gasteiger partial charge in [-0.1, -0.05) is 91.0 Å². The standard InChI is InChI=1S/C31H33N3/c1-24(28-13-5-3-6-14-28)33-20-26-11-9-12-27(19-26)21-34(25(2)29-15-7-4-8-16-29)23-31-18-10-17-30(22-33)32-31/h3-19,24-25H,20-23H2,1-2H3/t24-,25-/m0/s1. The molecule has 3 heteroatoms. The van der Waals surface area contributed by atoms with E-state index in [9.17, 15) is 0 Å². The summed E-state index contributed by atoms with van der Waals surface area (Å²) in [6.07, 6.45) is 0. The first kappa shape index (κ1) is 22.5. The van der Waals surface area contributed by atoms with Crippen LogP contribution in [0.2, 0.25) is 0 Å². The Hall–Kier alpha value is -3.27. The third kappa shape index (κ3) is 5.27. The molecule has 0 saturated heterocycles. The lowest BCUT2D eigenvalue weighted by molar-refractivity contribution is 0.180. The molecule has 4 aromatic rings. The van der Waals surface area contributed by atoms with Gasteiger partial charge in [-0.05, 0) is 48.2 Å². The Morgan fingerprint density at radius 1 is 0.529 bits per heavy atom. The molecule has 0 unspecified atom stereocenters. The Bertz CT molecular complexity index is 1070. The average molecular weight is 448 g/mol. The molecule has 2 heterocycles. The van der Waals surface area contributed by atoms with E-state index in [0.717, 1.165) is 37.6 Å². The molecule has 0 radical (unpaired) electrons. The molecule has 0 amide bonds. The van der Waals surface area contributed by atoms with Gasteiger partial charge in [-0.15, -0.1) is 0 Å². The lowest BCUT2D eigenvalue weighted by atomic mass is 10.0. The van der Waals surface area contributed by atoms with Crippen LogP contribution in [-0.4, -0.2) is 14.8 Å². The van der Waals surface area contributed by atoms with Crippen LogP contribution in [0.1, 0.15) is 59.6 Å². The summed E-state index contributed by atoms with van der Waals surface area (Å²) in [7, 11) is 0. The highest BCUT2D eigenvalue weighted by Crippen LogP contribution is 2.28. The smallest absolute Gasteiger partial charge is 0.0548 e. The van der Waals surface area contributed by atoms with Crippen molar-refractivity contribution in [1.29, 1.82) is 0 Å². The molecule has 2 atom stereocenters. The van der Waals surface area contributed by atoms with Crippen molar-refractivity contribution in [3.63, 3.8) is 0 Å². The number of hydrogen-bond acceptors (Lipinski definition) is 3. The molecular formula is C31H33N3. The minimum absolute atomic E-state index is 0.299. The minimum atomic E-state index is 0.299. The number of fused-ring (bicyclic) bond motifs is 4. The van der Waals surface area contributed by atoms with E-state index in [0.29, 0.717) is 12.1 Å². The second kappa shape index (κ2) is 10.3. The van der Waals surface area contributed by atoms with Crippen molar-refractivity contribution in [2.24, 2.45) is 0 Å². The summed E-state index contributed by atoms with van der Waals surface area (Å²) in [6, 6.07) is 37.8. The molecule has 172 valence electrons. The molecule has 4 bridgehead atoms. The maximum absolute atomic E-state index is 5.11. The maximum Gasteiger partial charge on any atom is 0.0548 e. The zero-order valence-electron chi connectivity index (χ0n) is 20.1. The maximum atomic E-state index is 5.11. The van der Waals surface area contributed by atoms with Gasteiger partial charge < -0.3 is 0 Å². The SMILES string of the molecule is C[C@@H](c1ccccc1)N1Cc2cccc(c2)CN([C@@H](C)c2ccccc2)Cc2cccc(n2)C1. The van der Waals surface area contributed by atoms with Crippen molar-refractivity contribution in [2.75, 3.05) is 0 Å². The summed E-state index contributed by atoms with van der Waals surface area (Å²) in [5, 5.41) is 0. The molecule has 0 saturated carbocycles. The van der Waals surface area contributed by atoms with E-state index >= 15 is 0 Å². The van der Waals surface area contributed by atoms with Gasteiger partial charge in [0.25, 0.3) is 0 Å². The summed E-state index contributed by atoms with van der Waals surface area (Å²) in [4.78, 5) is 10.2. The second-order valence-corrected chi connectivity index (χ2v) is 9.42. The fraction of sp³-hybridized carbons (Fsp3) is 0.258. The number of nitrogens with zero attached hydrogens (tertiary/aromatic N) is 3. The quantitative estimate of drug-likeness (QED) is 0.338. The third-order valence-electron chi connectivity index (χ3n) is 7.02. The molecule has 34 heavy (non-hydrogen) atoms. The lowest BCUT2D eigenvalue weighted by Crippen LogP contribution is -2.29. The predicted molar refractivity (Wildman–Crippen MR) is 139 cm³/mol. The highest BCUT2D eigenvalue weighted by Gasteiger charge is 2.21. The first-order chi connectivity index (χ1) is 16.7. The van der Waals surface area contributed by atoms with Crippen LogP contribution in [0.15, 0.2) is 103 Å². The first-order valence-corrected chi connectivity index (χ1v) is 12.3. The molecule has 0 spiro atoms. The number of aromatic nitrogens is 1. The number of pyridine rings is 1. The van der Waals surface area contributed by atoms with Gasteiger partial charge in [0.05, 0.1) is 11.4 Å². The molecule has 0 fully saturated rings. The monoisotopic (exact) mass is 447 g/mol. The molecule has 0 aliphatic carbocycles. The van der Waals surface area contributed by atoms with E-state index in [4.69, 9.17) is 4.98 Å². The molecule has 1 aliphatic heterocycles. The average Bonchev–Trinajstić information content (AvgIpc) is 2.88. The fourth-order valence-electron chi connectivity index (χ4n) is 4.96. The third-order valence-corrected chi connectivity index (χ3v) is 7.02. The van der Waals surface area contributed by atoms with E-state index in [1.165, 1.54) is 22.3 Å². The van der Waals surface area contributed by atoms with Gasteiger partial charge in [0.15, 0.2) is 0 Å². The van der Waals surface area contributed by atoms with Crippen LogP contribution in [0.3, 0.4) is 0 Å². The van der Waals surface area contributed by atoms with Crippen LogP contribution in [0, 0.1) is 0 Å². The van der Waals surface area contributed by atoms with E-state index in [1.807, 2.05) is 0 Å². The number of rotatable bonds is 4.